The fourth-order valence-corrected chi connectivity index (χ4v) is 5.05. The van der Waals surface area contributed by atoms with Crippen molar-refractivity contribution in [3.8, 4) is 39.8 Å². The second-order valence-corrected chi connectivity index (χ2v) is 12.1. The summed E-state index contributed by atoms with van der Waals surface area (Å²) in [6.45, 7) is 6.21. The van der Waals surface area contributed by atoms with E-state index in [9.17, 15) is 43.9 Å². The number of nitrogens with zero attached hydrogens (tertiary/aromatic N) is 8. The van der Waals surface area contributed by atoms with Gasteiger partial charge in [0.1, 0.15) is 17.2 Å². The predicted molar refractivity (Wildman–Crippen MR) is 181 cm³/mol. The largest absolute Gasteiger partial charge is 0.573 e. The molecule has 0 amide bonds. The molecule has 0 saturated heterocycles. The lowest BCUT2D eigenvalue weighted by Gasteiger charge is -2.15. The van der Waals surface area contributed by atoms with Crippen molar-refractivity contribution in [2.24, 2.45) is 5.92 Å². The molecule has 22 heteroatoms. The Morgan fingerprint density at radius 1 is 0.649 bits per heavy atom. The van der Waals surface area contributed by atoms with Gasteiger partial charge in [0.15, 0.2) is 11.3 Å². The van der Waals surface area contributed by atoms with Gasteiger partial charge in [-0.2, -0.15) is 36.8 Å². The molecule has 6 aromatic rings. The number of hydrogen-bond donors (Lipinski definition) is 0. The van der Waals surface area contributed by atoms with Gasteiger partial charge in [0.05, 0.1) is 25.1 Å². The van der Waals surface area contributed by atoms with Gasteiger partial charge in [-0.1, -0.05) is 19.9 Å². The van der Waals surface area contributed by atoms with Gasteiger partial charge in [0, 0.05) is 24.1 Å². The average Bonchev–Trinajstić information content (AvgIpc) is 3.70. The van der Waals surface area contributed by atoms with Crippen LogP contribution in [0, 0.1) is 12.8 Å². The van der Waals surface area contributed by atoms with E-state index in [1.54, 1.807) is 6.92 Å². The number of alkyl halides is 10. The molecule has 1 saturated carbocycles. The summed E-state index contributed by atoms with van der Waals surface area (Å²) in [5.41, 5.74) is 1.65. The summed E-state index contributed by atoms with van der Waals surface area (Å²) in [5.74, 6) is -5.54. The molecule has 0 spiro atoms. The molecule has 1 aliphatic carbocycles. The van der Waals surface area contributed by atoms with Crippen LogP contribution < -0.4 is 14.2 Å². The summed E-state index contributed by atoms with van der Waals surface area (Å²) < 4.78 is 150. The molecule has 0 bridgehead atoms. The highest BCUT2D eigenvalue weighted by atomic mass is 19.4. The number of halogens is 10. The first-order valence-corrected chi connectivity index (χ1v) is 16.9. The number of methoxy groups -OCH3 is 1. The van der Waals surface area contributed by atoms with Crippen molar-refractivity contribution in [2.75, 3.05) is 13.7 Å². The van der Waals surface area contributed by atoms with Crippen molar-refractivity contribution in [3.63, 3.8) is 0 Å². The normalized spacial score (nSPS) is 13.5. The quantitative estimate of drug-likeness (QED) is 0.124. The molecule has 2 aromatic carbocycles. The molecule has 4 aromatic heterocycles. The Labute approximate surface area is 316 Å². The van der Waals surface area contributed by atoms with Crippen LogP contribution in [0.2, 0.25) is 0 Å². The van der Waals surface area contributed by atoms with Gasteiger partial charge in [-0.05, 0) is 79.8 Å². The molecule has 7 rings (SSSR count). The zero-order valence-corrected chi connectivity index (χ0v) is 30.5. The van der Waals surface area contributed by atoms with Gasteiger partial charge in [-0.3, -0.25) is 0 Å². The van der Waals surface area contributed by atoms with Crippen molar-refractivity contribution >= 4 is 11.3 Å². The van der Waals surface area contributed by atoms with Crippen molar-refractivity contribution in [3.05, 3.63) is 77.9 Å². The van der Waals surface area contributed by atoms with E-state index < -0.39 is 47.9 Å². The van der Waals surface area contributed by atoms with Gasteiger partial charge >= 0.3 is 24.8 Å². The maximum Gasteiger partial charge on any atom is 0.573 e. The standard InChI is InChI=1S/C18H15F5N4O3.C15H11F5N4O.C2H6/c1-28-14-8-11(30-18(21,22)23)4-5-12(14)13-6-7-15-24-25-16(27(15)26-13)17(19,20)29-9-10-2-3-10;1-8-3-4-9(25-15(18,19)20)7-10(8)11-5-6-12-21-22-13(14(2,16)17)24(12)23-11;1-2/h4-8,10H,2-3,9H2,1H3;3-7H,1-2H3;1-2H3. The number of ether oxygens (including phenoxy) is 4. The molecule has 0 radical (unpaired) electrons. The Bertz CT molecular complexity index is 2320. The SMILES string of the molecule is CC.COc1cc(OC(F)(F)F)ccc1-c1ccc2nnc(C(F)(F)OCC3CC3)n2n1.Cc1ccc(OC(F)(F)F)cc1-c1ccc2nnc(C(C)(F)F)n2n1. The van der Waals surface area contributed by atoms with Crippen molar-refractivity contribution in [1.82, 2.24) is 39.6 Å². The molecule has 0 aliphatic heterocycles. The highest BCUT2D eigenvalue weighted by molar-refractivity contribution is 5.69. The van der Waals surface area contributed by atoms with Crippen LogP contribution in [-0.2, 0) is 16.8 Å². The lowest BCUT2D eigenvalue weighted by Crippen LogP contribution is -2.23. The van der Waals surface area contributed by atoms with E-state index in [1.807, 2.05) is 13.8 Å². The van der Waals surface area contributed by atoms with Crippen LogP contribution in [0.3, 0.4) is 0 Å². The monoisotopic (exact) mass is 818 g/mol. The van der Waals surface area contributed by atoms with E-state index >= 15 is 0 Å². The number of rotatable bonds is 10. The van der Waals surface area contributed by atoms with Crippen LogP contribution in [0.4, 0.5) is 43.9 Å². The molecule has 1 aliphatic rings. The molecule has 12 nitrogen and oxygen atoms in total. The molecule has 0 unspecified atom stereocenters. The minimum absolute atomic E-state index is 0.00923. The van der Waals surface area contributed by atoms with Gasteiger partial charge in [-0.15, -0.1) is 46.7 Å². The van der Waals surface area contributed by atoms with E-state index in [-0.39, 0.29) is 46.5 Å². The first-order chi connectivity index (χ1) is 26.7. The second kappa shape index (κ2) is 16.4. The highest BCUT2D eigenvalue weighted by Crippen LogP contribution is 2.37. The second-order valence-electron chi connectivity index (χ2n) is 12.1. The van der Waals surface area contributed by atoms with Gasteiger partial charge in [0.2, 0.25) is 5.82 Å². The lowest BCUT2D eigenvalue weighted by molar-refractivity contribution is -0.275. The van der Waals surface area contributed by atoms with Gasteiger partial charge < -0.3 is 18.9 Å². The van der Waals surface area contributed by atoms with Gasteiger partial charge in [-0.25, -0.2) is 0 Å². The van der Waals surface area contributed by atoms with Crippen molar-refractivity contribution in [2.45, 2.75) is 65.3 Å². The summed E-state index contributed by atoms with van der Waals surface area (Å²) in [5, 5.41) is 22.4. The van der Waals surface area contributed by atoms with Crippen LogP contribution in [-0.4, -0.2) is 66.1 Å². The van der Waals surface area contributed by atoms with E-state index in [1.165, 1.54) is 43.5 Å². The summed E-state index contributed by atoms with van der Waals surface area (Å²) >= 11 is 0. The molecule has 306 valence electrons. The smallest absolute Gasteiger partial charge is 0.496 e. The Morgan fingerprint density at radius 2 is 1.16 bits per heavy atom. The first-order valence-electron chi connectivity index (χ1n) is 16.9. The van der Waals surface area contributed by atoms with E-state index in [0.29, 0.717) is 18.1 Å². The fourth-order valence-electron chi connectivity index (χ4n) is 5.05. The van der Waals surface area contributed by atoms with E-state index in [0.717, 1.165) is 46.1 Å². The molecule has 1 fully saturated rings. The number of fused-ring (bicyclic) bond motifs is 2. The summed E-state index contributed by atoms with van der Waals surface area (Å²) in [7, 11) is 1.25. The number of aromatic nitrogens is 8. The molecular formula is C35H32F10N8O4. The Morgan fingerprint density at radius 3 is 1.68 bits per heavy atom. The minimum atomic E-state index is -4.87. The van der Waals surface area contributed by atoms with E-state index in [4.69, 9.17) is 9.47 Å². The summed E-state index contributed by atoms with van der Waals surface area (Å²) in [4.78, 5) is 0. The Hall–Kier alpha value is -5.80. The molecule has 0 N–H and O–H groups in total. The summed E-state index contributed by atoms with van der Waals surface area (Å²) in [6, 6.07) is 12.8. The third-order valence-electron chi connectivity index (χ3n) is 7.78. The fraction of sp³-hybridized carbons (Fsp3) is 0.371. The van der Waals surface area contributed by atoms with E-state index in [2.05, 4.69) is 40.1 Å². The molecule has 0 atom stereocenters. The number of benzene rings is 2. The molecular weight excluding hydrogens is 786 g/mol. The van der Waals surface area contributed by atoms with Crippen molar-refractivity contribution in [1.29, 1.82) is 0 Å². The Balaban J connectivity index is 0.000000212. The van der Waals surface area contributed by atoms with Gasteiger partial charge in [0.25, 0.3) is 5.82 Å². The predicted octanol–water partition coefficient (Wildman–Crippen LogP) is 9.31. The van der Waals surface area contributed by atoms with Crippen LogP contribution >= 0.6 is 0 Å². The lowest BCUT2D eigenvalue weighted by atomic mass is 10.1. The van der Waals surface area contributed by atoms with Crippen LogP contribution in [0.5, 0.6) is 17.2 Å². The maximum atomic E-state index is 14.5. The van der Waals surface area contributed by atoms with Crippen LogP contribution in [0.25, 0.3) is 33.8 Å². The average molecular weight is 819 g/mol. The zero-order valence-electron chi connectivity index (χ0n) is 30.5. The van der Waals surface area contributed by atoms with Crippen LogP contribution in [0.1, 0.15) is 50.8 Å². The highest BCUT2D eigenvalue weighted by Gasteiger charge is 2.41. The molecule has 4 heterocycles. The number of hydrogen-bond acceptors (Lipinski definition) is 10. The zero-order chi connectivity index (χ0) is 41.9. The third-order valence-corrected chi connectivity index (χ3v) is 7.78. The molecule has 57 heavy (non-hydrogen) atoms. The topological polar surface area (TPSA) is 123 Å². The minimum Gasteiger partial charge on any atom is -0.496 e. The Kier molecular flexibility index (Phi) is 12.1. The maximum absolute atomic E-state index is 14.5. The summed E-state index contributed by atoms with van der Waals surface area (Å²) in [6.07, 6.45) is -11.7. The number of aryl methyl sites for hydroxylation is 1. The first kappa shape index (κ1) is 42.3. The third kappa shape index (κ3) is 10.5. The van der Waals surface area contributed by atoms with Crippen LogP contribution in [0.15, 0.2) is 60.7 Å². The van der Waals surface area contributed by atoms with Crippen molar-refractivity contribution < 1.29 is 62.9 Å².